The Morgan fingerprint density at radius 1 is 1.25 bits per heavy atom. The first kappa shape index (κ1) is 20.4. The zero-order chi connectivity index (χ0) is 18.1. The fourth-order valence-electron chi connectivity index (χ4n) is 2.34. The lowest BCUT2D eigenvalue weighted by Gasteiger charge is -2.10. The molecule has 4 N–H and O–H groups in total. The van der Waals surface area contributed by atoms with Gasteiger partial charge in [-0.25, -0.2) is 5.21 Å². The Morgan fingerprint density at radius 2 is 1.96 bits per heavy atom. The van der Waals surface area contributed by atoms with Crippen molar-refractivity contribution in [3.05, 3.63) is 58.0 Å². The van der Waals surface area contributed by atoms with Crippen molar-refractivity contribution in [3.8, 4) is 0 Å². The van der Waals surface area contributed by atoms with Crippen LogP contribution in [-0.4, -0.2) is 21.4 Å². The van der Waals surface area contributed by atoms with Gasteiger partial charge in [0.15, 0.2) is 0 Å². The molecule has 1 rings (SSSR count). The van der Waals surface area contributed by atoms with Crippen LogP contribution in [0.5, 0.6) is 0 Å². The molecule has 2 atom stereocenters. The maximum Gasteiger partial charge on any atom is 0.237 e. The molecule has 0 aliphatic heterocycles. The van der Waals surface area contributed by atoms with Gasteiger partial charge in [0.2, 0.25) is 5.82 Å². The first-order valence-electron chi connectivity index (χ1n) is 8.34. The van der Waals surface area contributed by atoms with E-state index in [1.165, 1.54) is 11.1 Å². The van der Waals surface area contributed by atoms with Gasteiger partial charge in [0, 0.05) is 18.7 Å². The lowest BCUT2D eigenvalue weighted by molar-refractivity contribution is -0.993. The zero-order valence-corrected chi connectivity index (χ0v) is 15.1. The molecule has 0 fully saturated rings. The molecule has 0 amide bonds. The van der Waals surface area contributed by atoms with Crippen molar-refractivity contribution in [2.24, 2.45) is 0 Å². The number of hydrogen-bond donors (Lipinski definition) is 4. The highest BCUT2D eigenvalue weighted by Crippen LogP contribution is 2.14. The van der Waals surface area contributed by atoms with E-state index in [1.807, 2.05) is 13.0 Å². The third-order valence-corrected chi connectivity index (χ3v) is 3.93. The molecule has 1 heterocycles. The van der Waals surface area contributed by atoms with Crippen LogP contribution in [0.3, 0.4) is 0 Å². The molecule has 0 aliphatic carbocycles. The Labute approximate surface area is 144 Å². The predicted octanol–water partition coefficient (Wildman–Crippen LogP) is 3.35. The fourth-order valence-corrected chi connectivity index (χ4v) is 2.34. The number of allylic oxidation sites excluding steroid dienone is 5. The minimum atomic E-state index is -0.989. The molecule has 0 spiro atoms. The van der Waals surface area contributed by atoms with Crippen molar-refractivity contribution >= 4 is 5.82 Å². The predicted molar refractivity (Wildman–Crippen MR) is 97.1 cm³/mol. The van der Waals surface area contributed by atoms with E-state index >= 15 is 0 Å². The number of aromatic nitrogens is 1. The van der Waals surface area contributed by atoms with E-state index in [-0.39, 0.29) is 5.82 Å². The fraction of sp³-hybridized carbons (Fsp3) is 0.474. The molecule has 1 aromatic rings. The highest BCUT2D eigenvalue weighted by atomic mass is 16.8. The number of hydrogen-bond acceptors (Lipinski definition) is 3. The van der Waals surface area contributed by atoms with Crippen LogP contribution in [0.4, 0.5) is 5.82 Å². The highest BCUT2D eigenvalue weighted by Gasteiger charge is 2.11. The lowest BCUT2D eigenvalue weighted by atomic mass is 10.0. The van der Waals surface area contributed by atoms with Crippen LogP contribution in [0.15, 0.2) is 47.2 Å². The molecule has 5 heteroatoms. The average molecular weight is 334 g/mol. The molecule has 0 aromatic carbocycles. The summed E-state index contributed by atoms with van der Waals surface area (Å²) in [6, 6.07) is 1.56. The molecule has 0 saturated carbocycles. The van der Waals surface area contributed by atoms with Crippen LogP contribution in [0, 0.1) is 5.21 Å². The molecule has 1 unspecified atom stereocenters. The molecule has 0 aliphatic rings. The second kappa shape index (κ2) is 10.3. The summed E-state index contributed by atoms with van der Waals surface area (Å²) in [7, 11) is 0. The van der Waals surface area contributed by atoms with Gasteiger partial charge in [-0.3, -0.25) is 0 Å². The summed E-state index contributed by atoms with van der Waals surface area (Å²) in [5.74, 6) is 0.147. The first-order chi connectivity index (χ1) is 11.3. The van der Waals surface area contributed by atoms with E-state index in [4.69, 9.17) is 5.21 Å². The Morgan fingerprint density at radius 3 is 2.54 bits per heavy atom. The number of aliphatic hydroxyl groups is 1. The molecule has 5 nitrogen and oxygen atoms in total. The van der Waals surface area contributed by atoms with Crippen molar-refractivity contribution < 1.29 is 15.5 Å². The van der Waals surface area contributed by atoms with Gasteiger partial charge in [0.25, 0.3) is 0 Å². The molecule has 134 valence electrons. The van der Waals surface area contributed by atoms with Gasteiger partial charge >= 0.3 is 0 Å². The maximum atomic E-state index is 10.8. The number of rotatable bonds is 9. The topological polar surface area (TPSA) is 83.8 Å². The molecule has 24 heavy (non-hydrogen) atoms. The molecule has 0 radical (unpaired) electrons. The minimum Gasteiger partial charge on any atom is -0.594 e. The first-order valence-corrected chi connectivity index (χ1v) is 8.34. The molecular weight excluding hydrogens is 304 g/mol. The van der Waals surface area contributed by atoms with Crippen LogP contribution >= 0.6 is 0 Å². The van der Waals surface area contributed by atoms with Crippen molar-refractivity contribution in [2.45, 2.75) is 59.5 Å². The van der Waals surface area contributed by atoms with Crippen LogP contribution in [-0.2, 0) is 6.42 Å². The summed E-state index contributed by atoms with van der Waals surface area (Å²) in [4.78, 5) is 2.69. The number of aromatic amines is 1. The number of nitrogens with one attached hydrogen (secondary N) is 2. The molecule has 0 bridgehead atoms. The number of H-pyrrole nitrogens is 1. The number of quaternary nitrogens is 1. The highest BCUT2D eigenvalue weighted by molar-refractivity contribution is 5.28. The summed E-state index contributed by atoms with van der Waals surface area (Å²) >= 11 is 0. The summed E-state index contributed by atoms with van der Waals surface area (Å²) in [5.41, 5.74) is 4.39. The van der Waals surface area contributed by atoms with E-state index < -0.39 is 11.3 Å². The van der Waals surface area contributed by atoms with Gasteiger partial charge in [0.1, 0.15) is 0 Å². The summed E-state index contributed by atoms with van der Waals surface area (Å²) in [6.45, 7) is 8.25. The minimum absolute atomic E-state index is 0.147. The zero-order valence-electron chi connectivity index (χ0n) is 15.1. The monoisotopic (exact) mass is 334 g/mol. The smallest absolute Gasteiger partial charge is 0.237 e. The van der Waals surface area contributed by atoms with Crippen LogP contribution < -0.4 is 5.23 Å². The van der Waals surface area contributed by atoms with E-state index in [0.29, 0.717) is 6.42 Å². The van der Waals surface area contributed by atoms with Crippen molar-refractivity contribution in [1.82, 2.24) is 4.98 Å². The third-order valence-electron chi connectivity index (χ3n) is 3.93. The van der Waals surface area contributed by atoms with Gasteiger partial charge in [-0.1, -0.05) is 29.4 Å². The van der Waals surface area contributed by atoms with Crippen molar-refractivity contribution in [1.29, 1.82) is 0 Å². The van der Waals surface area contributed by atoms with Gasteiger partial charge in [-0.05, 0) is 58.1 Å². The van der Waals surface area contributed by atoms with Crippen LogP contribution in [0.1, 0.15) is 52.5 Å². The largest absolute Gasteiger partial charge is 0.594 e. The molecular formula is C19H30N2O3. The second-order valence-electron chi connectivity index (χ2n) is 6.50. The van der Waals surface area contributed by atoms with Crippen molar-refractivity contribution in [3.63, 3.8) is 0 Å². The van der Waals surface area contributed by atoms with E-state index in [2.05, 4.69) is 37.9 Å². The average Bonchev–Trinajstić information content (AvgIpc) is 2.95. The van der Waals surface area contributed by atoms with E-state index in [1.54, 1.807) is 12.3 Å². The van der Waals surface area contributed by atoms with Crippen molar-refractivity contribution in [2.75, 3.05) is 0 Å². The van der Waals surface area contributed by atoms with Crippen LogP contribution in [0.25, 0.3) is 0 Å². The Balaban J connectivity index is 2.47. The SMILES string of the molecule is CC(C)=CCC/C(C)=C/C/C=C(\C)[C@H](O)Cc1c[nH]c([NH+]([O-])O)c1. The van der Waals surface area contributed by atoms with Gasteiger partial charge in [-0.15, -0.1) is 0 Å². The van der Waals surface area contributed by atoms with Gasteiger partial charge in [-0.2, -0.15) is 5.23 Å². The van der Waals surface area contributed by atoms with E-state index in [0.717, 1.165) is 30.4 Å². The standard InChI is InChI=1S/C19H30N2O3/c1-14(2)7-5-8-15(3)9-6-10-16(4)18(22)11-17-12-19(20-13-17)21(23)24/h7,9-10,12-13,18,20-23H,5-6,8,11H2,1-4H3/b15-9+,16-10+/t18-/m1/s1. The second-order valence-corrected chi connectivity index (χ2v) is 6.50. The quantitative estimate of drug-likeness (QED) is 0.413. The summed E-state index contributed by atoms with van der Waals surface area (Å²) in [6.07, 6.45) is 10.8. The van der Waals surface area contributed by atoms with Gasteiger partial charge in [0.05, 0.1) is 6.10 Å². The third kappa shape index (κ3) is 7.75. The summed E-state index contributed by atoms with van der Waals surface area (Å²) in [5, 5.41) is 29.0. The normalized spacial score (nSPS) is 15.3. The van der Waals surface area contributed by atoms with Crippen LogP contribution in [0.2, 0.25) is 0 Å². The molecule has 1 aromatic heterocycles. The molecule has 0 saturated heterocycles. The number of aliphatic hydroxyl groups excluding tert-OH is 1. The maximum absolute atomic E-state index is 10.8. The van der Waals surface area contributed by atoms with E-state index in [9.17, 15) is 10.3 Å². The Bertz CT molecular complexity index is 594. The summed E-state index contributed by atoms with van der Waals surface area (Å²) < 4.78 is 0. The Hall–Kier alpha value is -1.66. The van der Waals surface area contributed by atoms with Gasteiger partial charge < -0.3 is 15.3 Å². The lowest BCUT2D eigenvalue weighted by Crippen LogP contribution is -2.99. The Kier molecular flexibility index (Phi) is 8.71.